The molecule has 0 aromatic rings. The number of fused-ring (bicyclic) bond motifs is 5. The third-order valence-corrected chi connectivity index (χ3v) is 11.6. The molecule has 8 nitrogen and oxygen atoms in total. The van der Waals surface area contributed by atoms with E-state index in [1.54, 1.807) is 0 Å². The third kappa shape index (κ3) is 7.32. The van der Waals surface area contributed by atoms with Crippen LogP contribution >= 0.6 is 0 Å². The maximum absolute atomic E-state index is 11.1. The quantitative estimate of drug-likeness (QED) is 0.148. The van der Waals surface area contributed by atoms with Crippen LogP contribution in [0.25, 0.3) is 0 Å². The van der Waals surface area contributed by atoms with Crippen LogP contribution in [0.1, 0.15) is 91.4 Å². The van der Waals surface area contributed by atoms with E-state index in [2.05, 4.69) is 25.0 Å². The van der Waals surface area contributed by atoms with E-state index >= 15 is 0 Å². The summed E-state index contributed by atoms with van der Waals surface area (Å²) in [4.78, 5) is 0. The Morgan fingerprint density at radius 3 is 2.14 bits per heavy atom. The molecule has 0 bridgehead atoms. The summed E-state index contributed by atoms with van der Waals surface area (Å²) in [7, 11) is -9.27. The molecule has 198 valence electrons. The zero-order valence-electron chi connectivity index (χ0n) is 22.6. The zero-order valence-corrected chi connectivity index (χ0v) is 28.2. The molecule has 0 aromatic heterocycles. The molecule has 0 amide bonds. The van der Waals surface area contributed by atoms with Gasteiger partial charge < -0.3 is 9.11 Å². The van der Waals surface area contributed by atoms with E-state index in [-0.39, 0.29) is 76.6 Å². The Morgan fingerprint density at radius 1 is 0.861 bits per heavy atom. The van der Waals surface area contributed by atoms with Gasteiger partial charge in [-0.15, -0.1) is 0 Å². The summed E-state index contributed by atoms with van der Waals surface area (Å²) >= 11 is 0. The van der Waals surface area contributed by atoms with E-state index in [0.29, 0.717) is 54.8 Å². The first-order valence-electron chi connectivity index (χ1n) is 13.0. The molecule has 4 saturated carbocycles. The van der Waals surface area contributed by atoms with Gasteiger partial charge in [0.15, 0.2) is 0 Å². The van der Waals surface area contributed by atoms with E-state index in [1.165, 1.54) is 32.1 Å². The van der Waals surface area contributed by atoms with Crippen LogP contribution in [0.5, 0.6) is 0 Å². The van der Waals surface area contributed by atoms with Crippen molar-refractivity contribution in [3.05, 3.63) is 0 Å². The van der Waals surface area contributed by atoms with Crippen molar-refractivity contribution in [2.75, 3.05) is 6.61 Å². The smallest absolute Gasteiger partial charge is 0.726 e. The largest absolute Gasteiger partial charge is 1.00 e. The fourth-order valence-corrected chi connectivity index (χ4v) is 10.0. The van der Waals surface area contributed by atoms with Crippen molar-refractivity contribution in [3.8, 4) is 0 Å². The summed E-state index contributed by atoms with van der Waals surface area (Å²) in [6.07, 6.45) is 10.3. The molecule has 4 aliphatic carbocycles. The fourth-order valence-electron chi connectivity index (χ4n) is 9.22. The first-order chi connectivity index (χ1) is 15.7. The van der Waals surface area contributed by atoms with Gasteiger partial charge in [0.25, 0.3) is 0 Å². The molecule has 4 rings (SSSR count). The van der Waals surface area contributed by atoms with Crippen LogP contribution < -0.4 is 59.1 Å². The van der Waals surface area contributed by atoms with E-state index < -0.39 is 26.9 Å². The monoisotopic (exact) mass is 566 g/mol. The van der Waals surface area contributed by atoms with Crippen LogP contribution in [-0.4, -0.2) is 38.7 Å². The molecule has 0 unspecified atom stereocenters. The summed E-state index contributed by atoms with van der Waals surface area (Å²) < 4.78 is 74.6. The molecule has 12 heteroatoms. The summed E-state index contributed by atoms with van der Waals surface area (Å²) in [6, 6.07) is 0. The Morgan fingerprint density at radius 2 is 1.50 bits per heavy atom. The SMILES string of the molecule is C[C@H](CCCOS(=O)(=O)[O-])[C@H]1CC[C@H]2[C@@H]3CC[C@@H]4C[C@H](OS(=O)(=O)[O-])CC[C@]4(C)[C@H]3CC[C@]12C.[Na+].[Na+]. The van der Waals surface area contributed by atoms with Gasteiger partial charge in [0, 0.05) is 0 Å². The van der Waals surface area contributed by atoms with Gasteiger partial charge in [-0.1, -0.05) is 20.8 Å². The van der Waals surface area contributed by atoms with Gasteiger partial charge in [0.1, 0.15) is 0 Å². The van der Waals surface area contributed by atoms with Crippen molar-refractivity contribution in [1.29, 1.82) is 0 Å². The maximum atomic E-state index is 11.1. The van der Waals surface area contributed by atoms with Gasteiger partial charge in [-0.05, 0) is 117 Å². The summed E-state index contributed by atoms with van der Waals surface area (Å²) in [5.74, 6) is 3.47. The third-order valence-electron chi connectivity index (χ3n) is 10.7. The first kappa shape index (κ1) is 33.9. The van der Waals surface area contributed by atoms with E-state index in [9.17, 15) is 25.9 Å². The van der Waals surface area contributed by atoms with E-state index in [1.807, 2.05) is 0 Å². The number of hydrogen-bond acceptors (Lipinski definition) is 8. The van der Waals surface area contributed by atoms with Crippen molar-refractivity contribution >= 4 is 20.8 Å². The second-order valence-corrected chi connectivity index (χ2v) is 14.2. The predicted molar refractivity (Wildman–Crippen MR) is 124 cm³/mol. The molecule has 0 radical (unpaired) electrons. The number of rotatable bonds is 8. The predicted octanol–water partition coefficient (Wildman–Crippen LogP) is -1.61. The maximum Gasteiger partial charge on any atom is 1.00 e. The zero-order chi connectivity index (χ0) is 24.9. The molecular weight excluding hydrogens is 526 g/mol. The molecule has 0 aromatic carbocycles. The molecule has 36 heavy (non-hydrogen) atoms. The van der Waals surface area contributed by atoms with Crippen molar-refractivity contribution < 1.29 is 93.4 Å². The minimum atomic E-state index is -4.66. The minimum Gasteiger partial charge on any atom is -0.726 e. The van der Waals surface area contributed by atoms with Gasteiger partial charge in [-0.3, -0.25) is 8.37 Å². The molecule has 0 N–H and O–H groups in total. The molecule has 0 saturated heterocycles. The molecule has 4 aliphatic rings. The Kier molecular flexibility index (Phi) is 12.0. The van der Waals surface area contributed by atoms with Gasteiger partial charge in [0.05, 0.1) is 12.7 Å². The Balaban J connectivity index is 0.00000228. The first-order valence-corrected chi connectivity index (χ1v) is 15.6. The van der Waals surface area contributed by atoms with Crippen LogP contribution in [0.4, 0.5) is 0 Å². The van der Waals surface area contributed by atoms with E-state index in [0.717, 1.165) is 19.3 Å². The van der Waals surface area contributed by atoms with Gasteiger partial charge in [-0.25, -0.2) is 16.8 Å². The topological polar surface area (TPSA) is 133 Å². The van der Waals surface area contributed by atoms with Crippen molar-refractivity contribution in [3.63, 3.8) is 0 Å². The standard InChI is InChI=1S/C24H42O8S2.2Na/c1-16(5-4-14-31-33(25,26)27)20-8-9-21-19-7-6-17-15-18(32-34(28,29)30)10-12-23(17,2)22(19)11-13-24(20,21)3;;/h16-22H,4-15H2,1-3H3,(H,25,26,27)(H,28,29,30);;/q;2*+1/p-2/t16-,17-,18-,19+,20-,21+,22+,23+,24-;;/m1../s1. The van der Waals surface area contributed by atoms with Crippen molar-refractivity contribution in [1.82, 2.24) is 0 Å². The second kappa shape index (κ2) is 12.7. The Bertz CT molecular complexity index is 961. The second-order valence-electron chi connectivity index (χ2n) is 12.1. The van der Waals surface area contributed by atoms with Crippen LogP contribution in [0, 0.1) is 46.3 Å². The van der Waals surface area contributed by atoms with Crippen molar-refractivity contribution in [2.24, 2.45) is 46.3 Å². The van der Waals surface area contributed by atoms with Crippen LogP contribution in [0.3, 0.4) is 0 Å². The summed E-state index contributed by atoms with van der Waals surface area (Å²) in [5, 5.41) is 0. The van der Waals surface area contributed by atoms with Crippen LogP contribution in [0.2, 0.25) is 0 Å². The van der Waals surface area contributed by atoms with Crippen LogP contribution in [-0.2, 0) is 29.2 Å². The van der Waals surface area contributed by atoms with Gasteiger partial charge >= 0.3 is 59.1 Å². The average molecular weight is 567 g/mol. The normalized spacial score (nSPS) is 41.1. The molecule has 4 fully saturated rings. The van der Waals surface area contributed by atoms with E-state index in [4.69, 9.17) is 4.18 Å². The van der Waals surface area contributed by atoms with Gasteiger partial charge in [-0.2, -0.15) is 0 Å². The molecule has 0 spiro atoms. The molecule has 0 aliphatic heterocycles. The van der Waals surface area contributed by atoms with Gasteiger partial charge in [0.2, 0.25) is 20.8 Å². The van der Waals surface area contributed by atoms with Crippen LogP contribution in [0.15, 0.2) is 0 Å². The number of hydrogen-bond donors (Lipinski definition) is 0. The Hall–Kier alpha value is 1.74. The summed E-state index contributed by atoms with van der Waals surface area (Å²) in [5.41, 5.74) is 0.466. The molecular formula is C24H40Na2O8S2. The van der Waals surface area contributed by atoms with Crippen molar-refractivity contribution in [2.45, 2.75) is 97.5 Å². The molecule has 9 atom stereocenters. The molecule has 0 heterocycles. The minimum absolute atomic E-state index is 0. The average Bonchev–Trinajstić information content (AvgIpc) is 3.07. The Labute approximate surface area is 262 Å². The summed E-state index contributed by atoms with van der Waals surface area (Å²) in [6.45, 7) is 7.10. The fraction of sp³-hybridized carbons (Fsp3) is 1.00.